The quantitative estimate of drug-likeness (QED) is 0.778. The number of nitrogens with one attached hydrogen (secondary N) is 1. The normalized spacial score (nSPS) is 18.7. The van der Waals surface area contributed by atoms with E-state index >= 15 is 0 Å². The number of hydrogen-bond donors (Lipinski definition) is 2. The van der Waals surface area contributed by atoms with Crippen LogP contribution in [0, 0.1) is 5.92 Å². The molecule has 27 heavy (non-hydrogen) atoms. The molecule has 1 fully saturated rings. The number of amides is 2. The summed E-state index contributed by atoms with van der Waals surface area (Å²) in [7, 11) is 1.63. The summed E-state index contributed by atoms with van der Waals surface area (Å²) >= 11 is 0. The molecule has 10 heteroatoms. The van der Waals surface area contributed by atoms with Gasteiger partial charge in [0.25, 0.3) is 0 Å². The molecule has 1 aromatic rings. The first kappa shape index (κ1) is 20.5. The number of rotatable bonds is 6. The predicted molar refractivity (Wildman–Crippen MR) is 86.6 cm³/mol. The van der Waals surface area contributed by atoms with Crippen molar-refractivity contribution in [3.05, 3.63) is 29.8 Å². The lowest BCUT2D eigenvalue weighted by molar-refractivity contribution is -0.274. The Morgan fingerprint density at radius 1 is 1.33 bits per heavy atom. The lowest BCUT2D eigenvalue weighted by Crippen LogP contribution is -2.43. The molecule has 0 aliphatic carbocycles. The third-order valence-electron chi connectivity index (χ3n) is 4.24. The molecule has 0 unspecified atom stereocenters. The lowest BCUT2D eigenvalue weighted by Gasteiger charge is -2.29. The van der Waals surface area contributed by atoms with Gasteiger partial charge in [-0.25, -0.2) is 0 Å². The third-order valence-corrected chi connectivity index (χ3v) is 4.24. The fraction of sp³-hybridized carbons (Fsp3) is 0.471. The van der Waals surface area contributed by atoms with Crippen LogP contribution in [0.5, 0.6) is 5.75 Å². The van der Waals surface area contributed by atoms with Crippen molar-refractivity contribution in [2.45, 2.75) is 31.7 Å². The first-order valence-corrected chi connectivity index (χ1v) is 8.17. The van der Waals surface area contributed by atoms with E-state index in [-0.39, 0.29) is 12.3 Å². The zero-order chi connectivity index (χ0) is 20.2. The Kier molecular flexibility index (Phi) is 6.29. The van der Waals surface area contributed by atoms with Crippen molar-refractivity contribution in [3.63, 3.8) is 0 Å². The van der Waals surface area contributed by atoms with Gasteiger partial charge in [0.15, 0.2) is 0 Å². The van der Waals surface area contributed by atoms with Gasteiger partial charge < -0.3 is 20.1 Å². The standard InChI is InChI=1S/C17H19F3N2O5/c1-22-7-6-11(8-14(22)23)16(26)21-13(9-15(24)25)10-2-4-12(5-3-10)27-17(18,19)20/h2-5,11,13H,6-9H2,1H3,(H,21,26)(H,24,25)/t11-,13-/m1/s1. The van der Waals surface area contributed by atoms with E-state index in [1.807, 2.05) is 0 Å². The highest BCUT2D eigenvalue weighted by Gasteiger charge is 2.32. The lowest BCUT2D eigenvalue weighted by atomic mass is 9.94. The molecule has 1 saturated heterocycles. The number of aliphatic carboxylic acids is 1. The molecule has 0 spiro atoms. The van der Waals surface area contributed by atoms with Crippen LogP contribution in [0.25, 0.3) is 0 Å². The maximum atomic E-state index is 12.4. The van der Waals surface area contributed by atoms with E-state index in [4.69, 9.17) is 5.11 Å². The highest BCUT2D eigenvalue weighted by molar-refractivity contribution is 5.87. The summed E-state index contributed by atoms with van der Waals surface area (Å²) in [5.74, 6) is -2.84. The van der Waals surface area contributed by atoms with E-state index in [9.17, 15) is 27.6 Å². The molecule has 2 N–H and O–H groups in total. The largest absolute Gasteiger partial charge is 0.573 e. The van der Waals surface area contributed by atoms with E-state index in [1.165, 1.54) is 17.0 Å². The van der Waals surface area contributed by atoms with Crippen molar-refractivity contribution in [3.8, 4) is 5.75 Å². The number of nitrogens with zero attached hydrogens (tertiary/aromatic N) is 1. The fourth-order valence-corrected chi connectivity index (χ4v) is 2.78. The zero-order valence-corrected chi connectivity index (χ0v) is 14.5. The molecular weight excluding hydrogens is 369 g/mol. The average Bonchev–Trinajstić information content (AvgIpc) is 2.55. The topological polar surface area (TPSA) is 95.9 Å². The van der Waals surface area contributed by atoms with Crippen LogP contribution in [-0.2, 0) is 14.4 Å². The molecule has 2 amide bonds. The molecule has 7 nitrogen and oxygen atoms in total. The number of halogens is 3. The smallest absolute Gasteiger partial charge is 0.481 e. The molecule has 0 aromatic heterocycles. The van der Waals surface area contributed by atoms with Crippen LogP contribution < -0.4 is 10.1 Å². The molecule has 0 bridgehead atoms. The number of carbonyl (C=O) groups is 3. The van der Waals surface area contributed by atoms with Crippen molar-refractivity contribution in [1.82, 2.24) is 10.2 Å². The molecule has 0 saturated carbocycles. The van der Waals surface area contributed by atoms with E-state index in [2.05, 4.69) is 10.1 Å². The molecule has 1 aliphatic heterocycles. The van der Waals surface area contributed by atoms with E-state index in [0.29, 0.717) is 18.5 Å². The van der Waals surface area contributed by atoms with Crippen LogP contribution in [0.1, 0.15) is 30.9 Å². The van der Waals surface area contributed by atoms with E-state index in [0.717, 1.165) is 12.1 Å². The summed E-state index contributed by atoms with van der Waals surface area (Å²) < 4.78 is 40.4. The van der Waals surface area contributed by atoms with E-state index < -0.39 is 42.4 Å². The van der Waals surface area contributed by atoms with Crippen molar-refractivity contribution >= 4 is 17.8 Å². The van der Waals surface area contributed by atoms with Crippen LogP contribution in [0.3, 0.4) is 0 Å². The summed E-state index contributed by atoms with van der Waals surface area (Å²) in [5, 5.41) is 11.7. The van der Waals surface area contributed by atoms with Gasteiger partial charge in [-0.3, -0.25) is 14.4 Å². The Labute approximate surface area is 153 Å². The second-order valence-corrected chi connectivity index (χ2v) is 6.28. The molecule has 1 aliphatic rings. The van der Waals surface area contributed by atoms with Crippen molar-refractivity contribution < 1.29 is 37.4 Å². The van der Waals surface area contributed by atoms with Gasteiger partial charge in [-0.1, -0.05) is 12.1 Å². The van der Waals surface area contributed by atoms with Gasteiger partial charge in [-0.15, -0.1) is 13.2 Å². The zero-order valence-electron chi connectivity index (χ0n) is 14.5. The van der Waals surface area contributed by atoms with Gasteiger partial charge in [-0.2, -0.15) is 0 Å². The number of piperidine rings is 1. The minimum Gasteiger partial charge on any atom is -0.481 e. The molecule has 0 radical (unpaired) electrons. The number of hydrogen-bond acceptors (Lipinski definition) is 4. The number of benzene rings is 1. The number of alkyl halides is 3. The van der Waals surface area contributed by atoms with Crippen LogP contribution in [0.15, 0.2) is 24.3 Å². The highest BCUT2D eigenvalue weighted by Crippen LogP contribution is 2.26. The summed E-state index contributed by atoms with van der Waals surface area (Å²) in [6.07, 6.45) is -4.81. The Balaban J connectivity index is 2.09. The Morgan fingerprint density at radius 2 is 1.96 bits per heavy atom. The summed E-state index contributed by atoms with van der Waals surface area (Å²) in [6.45, 7) is 0.421. The van der Waals surface area contributed by atoms with Crippen LogP contribution in [0.2, 0.25) is 0 Å². The summed E-state index contributed by atoms with van der Waals surface area (Å²) in [6, 6.07) is 3.67. The second-order valence-electron chi connectivity index (χ2n) is 6.28. The van der Waals surface area contributed by atoms with Gasteiger partial charge in [0, 0.05) is 25.9 Å². The number of carboxylic acid groups (broad SMARTS) is 1. The first-order chi connectivity index (χ1) is 12.5. The van der Waals surface area contributed by atoms with Gasteiger partial charge in [0.1, 0.15) is 5.75 Å². The van der Waals surface area contributed by atoms with Crippen molar-refractivity contribution in [2.75, 3.05) is 13.6 Å². The number of likely N-dealkylation sites (tertiary alicyclic amines) is 1. The van der Waals surface area contributed by atoms with Crippen molar-refractivity contribution in [2.24, 2.45) is 5.92 Å². The summed E-state index contributed by atoms with van der Waals surface area (Å²) in [4.78, 5) is 36.8. The molecule has 2 atom stereocenters. The number of carboxylic acids is 1. The van der Waals surface area contributed by atoms with Crippen LogP contribution in [0.4, 0.5) is 13.2 Å². The Hall–Kier alpha value is -2.78. The Bertz CT molecular complexity index is 706. The molecule has 148 valence electrons. The highest BCUT2D eigenvalue weighted by atomic mass is 19.4. The van der Waals surface area contributed by atoms with Crippen molar-refractivity contribution in [1.29, 1.82) is 0 Å². The van der Waals surface area contributed by atoms with E-state index in [1.54, 1.807) is 7.05 Å². The predicted octanol–water partition coefficient (Wildman–Crippen LogP) is 2.09. The van der Waals surface area contributed by atoms with Gasteiger partial charge >= 0.3 is 12.3 Å². The Morgan fingerprint density at radius 3 is 2.48 bits per heavy atom. The minimum absolute atomic E-state index is 0.0283. The van der Waals surface area contributed by atoms with Gasteiger partial charge in [0.05, 0.1) is 12.5 Å². The summed E-state index contributed by atoms with van der Waals surface area (Å²) in [5.41, 5.74) is 0.319. The monoisotopic (exact) mass is 388 g/mol. The van der Waals surface area contributed by atoms with Gasteiger partial charge in [0.2, 0.25) is 11.8 Å². The average molecular weight is 388 g/mol. The molecule has 1 heterocycles. The third kappa shape index (κ3) is 6.15. The maximum absolute atomic E-state index is 12.4. The number of carbonyl (C=O) groups excluding carboxylic acids is 2. The molecule has 2 rings (SSSR count). The number of ether oxygens (including phenoxy) is 1. The van der Waals surface area contributed by atoms with Gasteiger partial charge in [-0.05, 0) is 24.1 Å². The van der Waals surface area contributed by atoms with Crippen LogP contribution >= 0.6 is 0 Å². The minimum atomic E-state index is -4.84. The van der Waals surface area contributed by atoms with Crippen LogP contribution in [-0.4, -0.2) is 47.7 Å². The second kappa shape index (κ2) is 8.28. The molecular formula is C17H19F3N2O5. The SMILES string of the molecule is CN1CC[C@@H](C(=O)N[C@H](CC(=O)O)c2ccc(OC(F)(F)F)cc2)CC1=O. The first-order valence-electron chi connectivity index (χ1n) is 8.17. The molecule has 1 aromatic carbocycles. The maximum Gasteiger partial charge on any atom is 0.573 e. The fourth-order valence-electron chi connectivity index (χ4n) is 2.78.